The van der Waals surface area contributed by atoms with Crippen LogP contribution in [0.15, 0.2) is 18.2 Å². The Morgan fingerprint density at radius 3 is 2.81 bits per heavy atom. The number of benzene rings is 1. The van der Waals surface area contributed by atoms with E-state index in [4.69, 9.17) is 9.47 Å². The molecule has 0 aromatic heterocycles. The Hall–Kier alpha value is -1.62. The third-order valence-electron chi connectivity index (χ3n) is 7.00. The number of carbonyl (C=O) groups is 1. The lowest BCUT2D eigenvalue weighted by Gasteiger charge is -2.35. The fourth-order valence-electron chi connectivity index (χ4n) is 5.38. The van der Waals surface area contributed by atoms with Gasteiger partial charge in [0.2, 0.25) is 5.91 Å². The molecule has 1 amide bonds. The van der Waals surface area contributed by atoms with E-state index in [1.54, 1.807) is 12.1 Å². The Labute approximate surface area is 153 Å². The second kappa shape index (κ2) is 6.22. The van der Waals surface area contributed by atoms with Gasteiger partial charge in [0, 0.05) is 36.6 Å². The molecule has 3 fully saturated rings. The van der Waals surface area contributed by atoms with Gasteiger partial charge in [-0.2, -0.15) is 0 Å². The van der Waals surface area contributed by atoms with Crippen LogP contribution in [0.25, 0.3) is 0 Å². The number of halogens is 1. The van der Waals surface area contributed by atoms with Gasteiger partial charge in [-0.1, -0.05) is 0 Å². The molecule has 1 aliphatic carbocycles. The lowest BCUT2D eigenvalue weighted by atomic mass is 9.86. The predicted octanol–water partition coefficient (Wildman–Crippen LogP) is 3.28. The van der Waals surface area contributed by atoms with Crippen LogP contribution in [0.4, 0.5) is 4.39 Å². The summed E-state index contributed by atoms with van der Waals surface area (Å²) in [7, 11) is 0. The predicted molar refractivity (Wildman–Crippen MR) is 94.6 cm³/mol. The zero-order chi connectivity index (χ0) is 17.7. The quantitative estimate of drug-likeness (QED) is 0.813. The second-order valence-corrected chi connectivity index (χ2v) is 8.37. The average Bonchev–Trinajstić information content (AvgIpc) is 3.12. The summed E-state index contributed by atoms with van der Waals surface area (Å²) in [5.74, 6) is 1.36. The number of hydrogen-bond acceptors (Lipinski definition) is 3. The van der Waals surface area contributed by atoms with E-state index < -0.39 is 0 Å². The van der Waals surface area contributed by atoms with Gasteiger partial charge in [-0.15, -0.1) is 0 Å². The van der Waals surface area contributed by atoms with Gasteiger partial charge in [0.15, 0.2) is 0 Å². The molecule has 1 spiro atoms. The van der Waals surface area contributed by atoms with Crippen LogP contribution in [0, 0.1) is 17.7 Å². The number of likely N-dealkylation sites (tertiary alicyclic amines) is 1. The van der Waals surface area contributed by atoms with Crippen molar-refractivity contribution in [2.45, 2.75) is 50.0 Å². The second-order valence-electron chi connectivity index (χ2n) is 8.37. The monoisotopic (exact) mass is 359 g/mol. The molecule has 1 saturated carbocycles. The molecule has 2 saturated heterocycles. The van der Waals surface area contributed by atoms with Gasteiger partial charge < -0.3 is 14.4 Å². The van der Waals surface area contributed by atoms with Crippen molar-refractivity contribution in [1.82, 2.24) is 4.90 Å². The van der Waals surface area contributed by atoms with Crippen LogP contribution in [0.5, 0.6) is 5.75 Å². The topological polar surface area (TPSA) is 38.8 Å². The summed E-state index contributed by atoms with van der Waals surface area (Å²) in [6, 6.07) is 4.72. The molecule has 5 heteroatoms. The van der Waals surface area contributed by atoms with Crippen molar-refractivity contribution in [1.29, 1.82) is 0 Å². The smallest absolute Gasteiger partial charge is 0.226 e. The van der Waals surface area contributed by atoms with E-state index >= 15 is 0 Å². The van der Waals surface area contributed by atoms with Crippen LogP contribution in [-0.2, 0) is 14.9 Å². The summed E-state index contributed by atoms with van der Waals surface area (Å²) >= 11 is 0. The molecule has 140 valence electrons. The zero-order valence-electron chi connectivity index (χ0n) is 15.1. The van der Waals surface area contributed by atoms with Crippen molar-refractivity contribution in [2.75, 3.05) is 26.3 Å². The number of nitrogens with zero attached hydrogens (tertiary/aromatic N) is 1. The van der Waals surface area contributed by atoms with Crippen LogP contribution < -0.4 is 4.74 Å². The first kappa shape index (κ1) is 16.5. The normalized spacial score (nSPS) is 33.8. The van der Waals surface area contributed by atoms with E-state index in [1.807, 2.05) is 4.90 Å². The van der Waals surface area contributed by atoms with Gasteiger partial charge in [0.05, 0.1) is 12.7 Å². The number of amides is 1. The molecular weight excluding hydrogens is 333 g/mol. The fourth-order valence-corrected chi connectivity index (χ4v) is 5.38. The molecule has 3 heterocycles. The van der Waals surface area contributed by atoms with Gasteiger partial charge in [-0.05, 0) is 62.6 Å². The van der Waals surface area contributed by atoms with Crippen LogP contribution in [0.3, 0.4) is 0 Å². The van der Waals surface area contributed by atoms with Crippen LogP contribution in [-0.4, -0.2) is 43.2 Å². The lowest BCUT2D eigenvalue weighted by Crippen LogP contribution is -2.43. The van der Waals surface area contributed by atoms with Crippen molar-refractivity contribution < 1.29 is 18.7 Å². The highest BCUT2D eigenvalue weighted by molar-refractivity contribution is 5.85. The number of fused-ring (bicyclic) bond motifs is 2. The molecule has 26 heavy (non-hydrogen) atoms. The van der Waals surface area contributed by atoms with E-state index in [9.17, 15) is 9.18 Å². The van der Waals surface area contributed by atoms with Gasteiger partial charge in [-0.3, -0.25) is 4.79 Å². The molecule has 3 aliphatic heterocycles. The lowest BCUT2D eigenvalue weighted by molar-refractivity contribution is -0.135. The molecule has 0 unspecified atom stereocenters. The summed E-state index contributed by atoms with van der Waals surface area (Å²) in [6.07, 6.45) is 6.49. The minimum atomic E-state index is -0.246. The Morgan fingerprint density at radius 2 is 2.04 bits per heavy atom. The van der Waals surface area contributed by atoms with Crippen molar-refractivity contribution in [3.05, 3.63) is 29.6 Å². The maximum Gasteiger partial charge on any atom is 0.226 e. The molecule has 4 nitrogen and oxygen atoms in total. The first-order chi connectivity index (χ1) is 12.7. The van der Waals surface area contributed by atoms with E-state index in [0.717, 1.165) is 56.7 Å². The molecule has 1 aromatic carbocycles. The van der Waals surface area contributed by atoms with Crippen molar-refractivity contribution >= 4 is 5.91 Å². The molecule has 1 aromatic rings. The molecular formula is C21H26FNO3. The number of hydrogen-bond donors (Lipinski definition) is 0. The summed E-state index contributed by atoms with van der Waals surface area (Å²) in [5.41, 5.74) is 0.703. The Balaban J connectivity index is 1.27. The molecule has 0 N–H and O–H groups in total. The van der Waals surface area contributed by atoms with Crippen molar-refractivity contribution in [3.8, 4) is 5.75 Å². The first-order valence-corrected chi connectivity index (χ1v) is 10.0. The minimum absolute atomic E-state index is 0.00812. The number of piperidine rings is 1. The van der Waals surface area contributed by atoms with E-state index in [1.165, 1.54) is 18.9 Å². The zero-order valence-corrected chi connectivity index (χ0v) is 15.1. The highest BCUT2D eigenvalue weighted by Crippen LogP contribution is 2.61. The fraction of sp³-hybridized carbons (Fsp3) is 0.667. The van der Waals surface area contributed by atoms with Crippen molar-refractivity contribution in [2.24, 2.45) is 11.8 Å². The van der Waals surface area contributed by atoms with Gasteiger partial charge in [-0.25, -0.2) is 4.39 Å². The van der Waals surface area contributed by atoms with Crippen molar-refractivity contribution in [3.63, 3.8) is 0 Å². The molecule has 0 radical (unpaired) electrons. The summed E-state index contributed by atoms with van der Waals surface area (Å²) in [5, 5.41) is 0. The number of ether oxygens (including phenoxy) is 2. The Morgan fingerprint density at radius 1 is 1.19 bits per heavy atom. The summed E-state index contributed by atoms with van der Waals surface area (Å²) in [4.78, 5) is 15.2. The van der Waals surface area contributed by atoms with E-state index in [0.29, 0.717) is 18.6 Å². The molecule has 0 bridgehead atoms. The first-order valence-electron chi connectivity index (χ1n) is 10.0. The van der Waals surface area contributed by atoms with Gasteiger partial charge in [0.1, 0.15) is 11.6 Å². The van der Waals surface area contributed by atoms with E-state index in [2.05, 4.69) is 0 Å². The largest absolute Gasteiger partial charge is 0.493 e. The highest BCUT2D eigenvalue weighted by Gasteiger charge is 2.62. The number of carbonyl (C=O) groups excluding carboxylic acids is 1. The number of rotatable bonds is 2. The van der Waals surface area contributed by atoms with Crippen LogP contribution in [0.1, 0.15) is 44.1 Å². The van der Waals surface area contributed by atoms with Crippen LogP contribution in [0.2, 0.25) is 0 Å². The average molecular weight is 359 g/mol. The molecule has 5 rings (SSSR count). The Kier molecular flexibility index (Phi) is 3.96. The van der Waals surface area contributed by atoms with Gasteiger partial charge in [0.25, 0.3) is 0 Å². The van der Waals surface area contributed by atoms with Crippen LogP contribution >= 0.6 is 0 Å². The molecule has 4 aliphatic rings. The highest BCUT2D eigenvalue weighted by atomic mass is 19.1. The summed E-state index contributed by atoms with van der Waals surface area (Å²) < 4.78 is 25.3. The summed E-state index contributed by atoms with van der Waals surface area (Å²) in [6.45, 7) is 3.18. The maximum atomic E-state index is 13.8. The SMILES string of the molecule is O=C([C@H]1C[C@@]12CCOc1ccc(F)cc12)N1CCC([C@@H]2CCCO2)CC1. The van der Waals surface area contributed by atoms with E-state index in [-0.39, 0.29) is 23.1 Å². The van der Waals surface area contributed by atoms with Gasteiger partial charge >= 0.3 is 0 Å². The standard InChI is InChI=1S/C21H26FNO3/c22-15-3-4-19-16(12-15)21(7-11-26-19)13-17(21)20(24)23-8-5-14(6-9-23)18-2-1-10-25-18/h3-4,12,14,17-18H,1-2,5-11,13H2/t17-,18+,21-/m1/s1. The third kappa shape index (κ3) is 2.63. The Bertz CT molecular complexity index is 709. The minimum Gasteiger partial charge on any atom is -0.493 e. The molecule has 3 atom stereocenters. The third-order valence-corrected chi connectivity index (χ3v) is 7.00. The maximum absolute atomic E-state index is 13.8.